The summed E-state index contributed by atoms with van der Waals surface area (Å²) in [6, 6.07) is -0.952. The molecule has 13 heteroatoms. The van der Waals surface area contributed by atoms with Crippen molar-refractivity contribution in [2.24, 2.45) is 5.16 Å². The van der Waals surface area contributed by atoms with Crippen LogP contribution in [0.4, 0.5) is 9.93 Å². The number of hydrogen-bond acceptors (Lipinski definition) is 9. The van der Waals surface area contributed by atoms with Crippen molar-refractivity contribution in [1.29, 1.82) is 0 Å². The van der Waals surface area contributed by atoms with Crippen LogP contribution in [0.3, 0.4) is 0 Å². The number of thioether (sulfide) groups is 1. The van der Waals surface area contributed by atoms with Crippen LogP contribution in [0.5, 0.6) is 0 Å². The summed E-state index contributed by atoms with van der Waals surface area (Å²) in [5.41, 5.74) is 5.55. The molecule has 0 radical (unpaired) electrons. The van der Waals surface area contributed by atoms with Crippen LogP contribution < -0.4 is 21.7 Å². The summed E-state index contributed by atoms with van der Waals surface area (Å²) in [6.45, 7) is 0.301. The molecule has 0 bridgehead atoms. The van der Waals surface area contributed by atoms with Crippen LogP contribution in [0.2, 0.25) is 0 Å². The molecule has 1 aliphatic heterocycles. The van der Waals surface area contributed by atoms with Gasteiger partial charge in [0.05, 0.1) is 10.9 Å². The number of oxime groups is 1. The van der Waals surface area contributed by atoms with Crippen LogP contribution >= 0.6 is 23.1 Å². The Morgan fingerprint density at radius 3 is 2.92 bits per heavy atom. The molecule has 3 amide bonds. The average molecular weight is 402 g/mol. The predicted molar refractivity (Wildman–Crippen MR) is 97.3 cm³/mol. The van der Waals surface area contributed by atoms with E-state index in [0.29, 0.717) is 22.9 Å². The van der Waals surface area contributed by atoms with Crippen LogP contribution in [-0.4, -0.2) is 71.0 Å². The highest BCUT2D eigenvalue weighted by atomic mass is 32.2. The Hall–Kier alpha value is -2.54. The van der Waals surface area contributed by atoms with Gasteiger partial charge < -0.3 is 31.6 Å². The monoisotopic (exact) mass is 402 g/mol. The summed E-state index contributed by atoms with van der Waals surface area (Å²) < 4.78 is 0. The van der Waals surface area contributed by atoms with Crippen molar-refractivity contribution < 1.29 is 24.3 Å². The number of nitrogen functional groups attached to an aromatic ring is 1. The molecule has 0 aliphatic carbocycles. The van der Waals surface area contributed by atoms with Gasteiger partial charge in [0.1, 0.15) is 13.2 Å². The summed E-state index contributed by atoms with van der Waals surface area (Å²) in [5.74, 6) is 0.212. The predicted octanol–water partition coefficient (Wildman–Crippen LogP) is -0.940. The Balaban J connectivity index is 1.88. The number of thiazole rings is 1. The van der Waals surface area contributed by atoms with Crippen molar-refractivity contribution in [2.75, 3.05) is 30.9 Å². The summed E-state index contributed by atoms with van der Waals surface area (Å²) in [4.78, 5) is 43.5. The SMILES string of the molecule is CON=C(C(=O)NC1C(=O)NC1CSCCNC(=O)O)c1cnc(N)s1. The molecule has 0 aromatic carbocycles. The van der Waals surface area contributed by atoms with E-state index in [2.05, 4.69) is 26.1 Å². The molecule has 142 valence electrons. The van der Waals surface area contributed by atoms with Gasteiger partial charge in [0.2, 0.25) is 5.91 Å². The highest BCUT2D eigenvalue weighted by Crippen LogP contribution is 2.17. The molecule has 1 aromatic rings. The minimum atomic E-state index is -1.08. The van der Waals surface area contributed by atoms with Crippen molar-refractivity contribution in [3.05, 3.63) is 11.1 Å². The fraction of sp³-hybridized carbons (Fsp3) is 0.462. The van der Waals surface area contributed by atoms with Crippen LogP contribution in [0, 0.1) is 0 Å². The van der Waals surface area contributed by atoms with Gasteiger partial charge in [0, 0.05) is 24.2 Å². The number of carbonyl (C=O) groups is 3. The van der Waals surface area contributed by atoms with Crippen molar-refractivity contribution in [3.63, 3.8) is 0 Å². The van der Waals surface area contributed by atoms with Crippen molar-refractivity contribution in [3.8, 4) is 0 Å². The molecule has 2 atom stereocenters. The molecule has 2 heterocycles. The molecule has 1 saturated heterocycles. The topological polar surface area (TPSA) is 168 Å². The van der Waals surface area contributed by atoms with E-state index in [1.165, 1.54) is 25.1 Å². The lowest BCUT2D eigenvalue weighted by Gasteiger charge is -2.36. The molecule has 26 heavy (non-hydrogen) atoms. The second kappa shape index (κ2) is 9.24. The first-order valence-electron chi connectivity index (χ1n) is 7.41. The molecule has 1 aliphatic rings. The van der Waals surface area contributed by atoms with E-state index >= 15 is 0 Å². The van der Waals surface area contributed by atoms with Crippen molar-refractivity contribution in [1.82, 2.24) is 20.9 Å². The molecule has 1 aromatic heterocycles. The quantitative estimate of drug-likeness (QED) is 0.153. The third-order valence-corrected chi connectivity index (χ3v) is 5.19. The number of hydrogen-bond donors (Lipinski definition) is 5. The van der Waals surface area contributed by atoms with E-state index in [1.807, 2.05) is 0 Å². The molecular weight excluding hydrogens is 384 g/mol. The zero-order chi connectivity index (χ0) is 19.1. The van der Waals surface area contributed by atoms with E-state index in [-0.39, 0.29) is 22.8 Å². The van der Waals surface area contributed by atoms with Gasteiger partial charge >= 0.3 is 6.09 Å². The second-order valence-corrected chi connectivity index (χ2v) is 7.27. The van der Waals surface area contributed by atoms with Gasteiger partial charge in [-0.05, 0) is 0 Å². The lowest BCUT2D eigenvalue weighted by Crippen LogP contribution is -2.70. The van der Waals surface area contributed by atoms with Crippen LogP contribution in [0.15, 0.2) is 11.4 Å². The number of anilines is 1. The van der Waals surface area contributed by atoms with Gasteiger partial charge in [0.25, 0.3) is 5.91 Å². The zero-order valence-electron chi connectivity index (χ0n) is 13.7. The number of aromatic nitrogens is 1. The van der Waals surface area contributed by atoms with E-state index in [4.69, 9.17) is 15.7 Å². The minimum Gasteiger partial charge on any atom is -0.465 e. The number of nitrogens with one attached hydrogen (secondary N) is 3. The molecule has 2 unspecified atom stereocenters. The van der Waals surface area contributed by atoms with Gasteiger partial charge in [-0.1, -0.05) is 16.5 Å². The minimum absolute atomic E-state index is 0.0153. The maximum Gasteiger partial charge on any atom is 0.404 e. The normalized spacial score (nSPS) is 19.3. The van der Waals surface area contributed by atoms with E-state index in [9.17, 15) is 14.4 Å². The highest BCUT2D eigenvalue weighted by molar-refractivity contribution is 7.99. The average Bonchev–Trinajstić information content (AvgIpc) is 3.01. The van der Waals surface area contributed by atoms with E-state index in [0.717, 1.165) is 11.3 Å². The van der Waals surface area contributed by atoms with E-state index in [1.54, 1.807) is 0 Å². The molecule has 0 spiro atoms. The molecule has 0 saturated carbocycles. The van der Waals surface area contributed by atoms with Crippen LogP contribution in [-0.2, 0) is 14.4 Å². The maximum atomic E-state index is 12.4. The smallest absolute Gasteiger partial charge is 0.404 e. The molecule has 11 nitrogen and oxygen atoms in total. The molecule has 6 N–H and O–H groups in total. The van der Waals surface area contributed by atoms with Crippen molar-refractivity contribution in [2.45, 2.75) is 12.1 Å². The first-order valence-corrected chi connectivity index (χ1v) is 9.38. The second-order valence-electron chi connectivity index (χ2n) is 5.06. The van der Waals surface area contributed by atoms with Crippen molar-refractivity contribution >= 4 is 51.8 Å². The third-order valence-electron chi connectivity index (χ3n) is 3.27. The van der Waals surface area contributed by atoms with Crippen LogP contribution in [0.1, 0.15) is 4.88 Å². The zero-order valence-corrected chi connectivity index (χ0v) is 15.4. The number of carboxylic acid groups (broad SMARTS) is 1. The number of nitrogens with zero attached hydrogens (tertiary/aromatic N) is 2. The fourth-order valence-corrected chi connectivity index (χ4v) is 3.69. The fourth-order valence-electron chi connectivity index (χ4n) is 2.08. The Bertz CT molecular complexity index is 709. The summed E-state index contributed by atoms with van der Waals surface area (Å²) >= 11 is 2.53. The van der Waals surface area contributed by atoms with Gasteiger partial charge in [-0.2, -0.15) is 11.8 Å². The Kier molecular flexibility index (Phi) is 7.03. The Labute approximate surface area is 156 Å². The highest BCUT2D eigenvalue weighted by Gasteiger charge is 2.40. The lowest BCUT2D eigenvalue weighted by molar-refractivity contribution is -0.134. The molecule has 2 rings (SSSR count). The maximum absolute atomic E-state index is 12.4. The first-order chi connectivity index (χ1) is 12.4. The summed E-state index contributed by atoms with van der Waals surface area (Å²) in [5, 5.41) is 20.0. The van der Waals surface area contributed by atoms with Gasteiger partial charge in [-0.25, -0.2) is 9.78 Å². The standard InChI is InChI=1S/C13H18N6O5S2/c1-24-19-9(7-4-16-12(14)26-7)11(21)18-8-6(17-10(8)20)5-25-3-2-15-13(22)23/h4,6,8,15H,2-3,5H2,1H3,(H2,14,16)(H,17,20)(H,18,21)(H,22,23). The Morgan fingerprint density at radius 2 is 2.35 bits per heavy atom. The molecule has 1 fully saturated rings. The summed E-state index contributed by atoms with van der Waals surface area (Å²) in [7, 11) is 1.30. The summed E-state index contributed by atoms with van der Waals surface area (Å²) in [6.07, 6.45) is 0.322. The Morgan fingerprint density at radius 1 is 1.58 bits per heavy atom. The largest absolute Gasteiger partial charge is 0.465 e. The van der Waals surface area contributed by atoms with Gasteiger partial charge in [-0.15, -0.1) is 0 Å². The number of β-lactam (4-membered cyclic amide) rings is 1. The lowest BCUT2D eigenvalue weighted by atomic mass is 10.0. The van der Waals surface area contributed by atoms with E-state index < -0.39 is 18.0 Å². The number of carbonyl (C=O) groups excluding carboxylic acids is 2. The third kappa shape index (κ3) is 5.23. The van der Waals surface area contributed by atoms with Gasteiger partial charge in [0.15, 0.2) is 10.8 Å². The van der Waals surface area contributed by atoms with Crippen LogP contribution in [0.25, 0.3) is 0 Å². The van der Waals surface area contributed by atoms with Gasteiger partial charge in [-0.3, -0.25) is 9.59 Å². The number of nitrogens with two attached hydrogens (primary N) is 1. The molecular formula is C13H18N6O5S2. The number of rotatable bonds is 9. The number of amides is 3. The first kappa shape index (κ1) is 19.8.